The number of amides is 1. The average molecular weight is 276 g/mol. The summed E-state index contributed by atoms with van der Waals surface area (Å²) in [5.41, 5.74) is 0.197. The molecule has 1 amide bonds. The van der Waals surface area contributed by atoms with Gasteiger partial charge in [-0.05, 0) is 30.6 Å². The van der Waals surface area contributed by atoms with Crippen LogP contribution in [0.2, 0.25) is 0 Å². The fourth-order valence-electron chi connectivity index (χ4n) is 1.64. The molecular weight excluding hydrogens is 254 g/mol. The van der Waals surface area contributed by atoms with E-state index in [-0.39, 0.29) is 17.2 Å². The Labute approximate surface area is 101 Å². The van der Waals surface area contributed by atoms with Crippen molar-refractivity contribution in [1.82, 2.24) is 5.32 Å². The highest BCUT2D eigenvalue weighted by Gasteiger charge is 2.32. The van der Waals surface area contributed by atoms with E-state index in [9.17, 15) is 4.79 Å². The van der Waals surface area contributed by atoms with Crippen molar-refractivity contribution in [1.29, 1.82) is 0 Å². The standard InChI is InChI=1S/C12H22BrNO/c1-9(10-4-5-10)11(15)14-8-12(2,3)6-7-13/h9-10H,4-8H2,1-3H3,(H,14,15). The summed E-state index contributed by atoms with van der Waals surface area (Å²) in [7, 11) is 0. The van der Waals surface area contributed by atoms with Crippen LogP contribution in [0.1, 0.15) is 40.0 Å². The molecule has 1 atom stereocenters. The molecule has 0 aromatic carbocycles. The first-order valence-electron chi connectivity index (χ1n) is 5.80. The Kier molecular flexibility index (Phi) is 4.63. The Morgan fingerprint density at radius 3 is 2.60 bits per heavy atom. The maximum absolute atomic E-state index is 11.8. The molecule has 1 saturated carbocycles. The minimum absolute atomic E-state index is 0.197. The van der Waals surface area contributed by atoms with Gasteiger partial charge < -0.3 is 5.32 Å². The van der Waals surface area contributed by atoms with E-state index in [1.807, 2.05) is 6.92 Å². The van der Waals surface area contributed by atoms with Crippen molar-refractivity contribution in [3.8, 4) is 0 Å². The van der Waals surface area contributed by atoms with Gasteiger partial charge >= 0.3 is 0 Å². The van der Waals surface area contributed by atoms with Gasteiger partial charge in [0.05, 0.1) is 0 Å². The minimum atomic E-state index is 0.197. The van der Waals surface area contributed by atoms with Crippen LogP contribution in [0.4, 0.5) is 0 Å². The van der Waals surface area contributed by atoms with Crippen LogP contribution in [0.15, 0.2) is 0 Å². The summed E-state index contributed by atoms with van der Waals surface area (Å²) in [4.78, 5) is 11.8. The van der Waals surface area contributed by atoms with E-state index < -0.39 is 0 Å². The van der Waals surface area contributed by atoms with Crippen molar-refractivity contribution < 1.29 is 4.79 Å². The van der Waals surface area contributed by atoms with Crippen LogP contribution in [-0.4, -0.2) is 17.8 Å². The zero-order chi connectivity index (χ0) is 11.5. The van der Waals surface area contributed by atoms with Crippen LogP contribution in [0.3, 0.4) is 0 Å². The molecule has 1 N–H and O–H groups in total. The second-order valence-corrected chi connectivity index (χ2v) is 6.24. The molecule has 15 heavy (non-hydrogen) atoms. The van der Waals surface area contributed by atoms with E-state index in [2.05, 4.69) is 35.1 Å². The van der Waals surface area contributed by atoms with Crippen LogP contribution in [0.25, 0.3) is 0 Å². The van der Waals surface area contributed by atoms with Crippen LogP contribution >= 0.6 is 15.9 Å². The number of nitrogens with one attached hydrogen (secondary N) is 1. The molecule has 0 bridgehead atoms. The summed E-state index contributed by atoms with van der Waals surface area (Å²) in [6.45, 7) is 7.21. The zero-order valence-corrected chi connectivity index (χ0v) is 11.6. The quantitative estimate of drug-likeness (QED) is 0.742. The molecule has 1 unspecified atom stereocenters. The van der Waals surface area contributed by atoms with Gasteiger partial charge in [0.25, 0.3) is 0 Å². The van der Waals surface area contributed by atoms with Crippen molar-refractivity contribution in [2.24, 2.45) is 17.3 Å². The van der Waals surface area contributed by atoms with Gasteiger partial charge in [0.1, 0.15) is 0 Å². The minimum Gasteiger partial charge on any atom is -0.355 e. The largest absolute Gasteiger partial charge is 0.355 e. The van der Waals surface area contributed by atoms with Gasteiger partial charge in [-0.2, -0.15) is 0 Å². The van der Waals surface area contributed by atoms with Gasteiger partial charge in [-0.3, -0.25) is 4.79 Å². The molecule has 1 fully saturated rings. The van der Waals surface area contributed by atoms with E-state index in [0.717, 1.165) is 18.3 Å². The fraction of sp³-hybridized carbons (Fsp3) is 0.917. The first-order chi connectivity index (χ1) is 6.96. The van der Waals surface area contributed by atoms with Gasteiger partial charge in [-0.15, -0.1) is 0 Å². The Hall–Kier alpha value is -0.0500. The van der Waals surface area contributed by atoms with E-state index in [1.54, 1.807) is 0 Å². The van der Waals surface area contributed by atoms with Crippen molar-refractivity contribution in [2.75, 3.05) is 11.9 Å². The molecule has 1 aliphatic carbocycles. The number of carbonyl (C=O) groups is 1. The maximum Gasteiger partial charge on any atom is 0.223 e. The molecule has 0 saturated heterocycles. The summed E-state index contributed by atoms with van der Waals surface area (Å²) < 4.78 is 0. The summed E-state index contributed by atoms with van der Waals surface area (Å²) in [5.74, 6) is 1.11. The number of hydrogen-bond acceptors (Lipinski definition) is 1. The fourth-order valence-corrected chi connectivity index (χ4v) is 2.72. The predicted molar refractivity (Wildman–Crippen MR) is 67.1 cm³/mol. The molecule has 0 aliphatic heterocycles. The third-order valence-corrected chi connectivity index (χ3v) is 3.65. The van der Waals surface area contributed by atoms with E-state index in [0.29, 0.717) is 5.92 Å². The Morgan fingerprint density at radius 1 is 1.53 bits per heavy atom. The normalized spacial score (nSPS) is 18.7. The summed E-state index contributed by atoms with van der Waals surface area (Å²) in [6.07, 6.45) is 3.56. The lowest BCUT2D eigenvalue weighted by Crippen LogP contribution is -2.37. The number of carbonyl (C=O) groups excluding carboxylic acids is 1. The van der Waals surface area contributed by atoms with Crippen LogP contribution in [0, 0.1) is 17.3 Å². The second-order valence-electron chi connectivity index (χ2n) is 5.45. The first kappa shape index (κ1) is 13.0. The molecule has 1 rings (SSSR count). The molecule has 88 valence electrons. The van der Waals surface area contributed by atoms with Gasteiger partial charge in [-0.1, -0.05) is 36.7 Å². The third-order valence-electron chi connectivity index (χ3n) is 3.26. The molecule has 2 nitrogen and oxygen atoms in total. The van der Waals surface area contributed by atoms with Gasteiger partial charge in [0.15, 0.2) is 0 Å². The lowest BCUT2D eigenvalue weighted by Gasteiger charge is -2.24. The van der Waals surface area contributed by atoms with Gasteiger partial charge in [-0.25, -0.2) is 0 Å². The monoisotopic (exact) mass is 275 g/mol. The van der Waals surface area contributed by atoms with Crippen LogP contribution in [-0.2, 0) is 4.79 Å². The molecule has 0 aromatic rings. The Balaban J connectivity index is 2.26. The van der Waals surface area contributed by atoms with Crippen molar-refractivity contribution in [3.05, 3.63) is 0 Å². The van der Waals surface area contributed by atoms with Crippen molar-refractivity contribution in [3.63, 3.8) is 0 Å². The lowest BCUT2D eigenvalue weighted by atomic mass is 9.90. The molecule has 0 aromatic heterocycles. The molecule has 0 heterocycles. The average Bonchev–Trinajstić information content (AvgIpc) is 2.96. The first-order valence-corrected chi connectivity index (χ1v) is 6.92. The SMILES string of the molecule is CC(C(=O)NCC(C)(C)CCBr)C1CC1. The van der Waals surface area contributed by atoms with Crippen LogP contribution < -0.4 is 5.32 Å². The highest BCUT2D eigenvalue weighted by Crippen LogP contribution is 2.36. The highest BCUT2D eigenvalue weighted by molar-refractivity contribution is 9.09. The smallest absolute Gasteiger partial charge is 0.223 e. The van der Waals surface area contributed by atoms with Gasteiger partial charge in [0.2, 0.25) is 5.91 Å². The predicted octanol–water partition coefficient (Wildman–Crippen LogP) is 2.96. The van der Waals surface area contributed by atoms with Gasteiger partial charge in [0, 0.05) is 17.8 Å². The molecule has 3 heteroatoms. The number of hydrogen-bond donors (Lipinski definition) is 1. The second kappa shape index (κ2) is 5.33. The van der Waals surface area contributed by atoms with Crippen molar-refractivity contribution in [2.45, 2.75) is 40.0 Å². The molecule has 1 aliphatic rings. The van der Waals surface area contributed by atoms with E-state index >= 15 is 0 Å². The number of alkyl halides is 1. The number of halogens is 1. The summed E-state index contributed by atoms with van der Waals surface area (Å²) >= 11 is 3.44. The summed E-state index contributed by atoms with van der Waals surface area (Å²) in [6, 6.07) is 0. The Bertz CT molecular complexity index is 224. The van der Waals surface area contributed by atoms with E-state index in [4.69, 9.17) is 0 Å². The third kappa shape index (κ3) is 4.54. The molecular formula is C12H22BrNO. The summed E-state index contributed by atoms with van der Waals surface area (Å²) in [5, 5.41) is 4.06. The van der Waals surface area contributed by atoms with E-state index in [1.165, 1.54) is 12.8 Å². The topological polar surface area (TPSA) is 29.1 Å². The zero-order valence-electron chi connectivity index (χ0n) is 9.98. The highest BCUT2D eigenvalue weighted by atomic mass is 79.9. The van der Waals surface area contributed by atoms with Crippen molar-refractivity contribution >= 4 is 21.8 Å². The molecule has 0 spiro atoms. The maximum atomic E-state index is 11.8. The Morgan fingerprint density at radius 2 is 2.13 bits per heavy atom. The lowest BCUT2D eigenvalue weighted by molar-refractivity contribution is -0.125. The number of rotatable bonds is 6. The molecule has 0 radical (unpaired) electrons. The van der Waals surface area contributed by atoms with Crippen LogP contribution in [0.5, 0.6) is 0 Å².